The van der Waals surface area contributed by atoms with E-state index >= 15 is 0 Å². The molecule has 0 radical (unpaired) electrons. The Morgan fingerprint density at radius 1 is 1.06 bits per heavy atom. The number of rotatable bonds is 6. The van der Waals surface area contributed by atoms with Gasteiger partial charge >= 0.3 is 6.03 Å². The number of benzene rings is 1. The standard InChI is InChI=1S/C24H36N6O/c1-27-15-10-23(11-16-27)30-20-22(19-25-30)26-24(31)29-14-6-13-28(17-18-29)12-5-9-21-7-3-2-4-8-21/h2-4,7-8,19-20,23H,5-6,9-18H2,1H3,(H,26,31). The summed E-state index contributed by atoms with van der Waals surface area (Å²) in [5.41, 5.74) is 2.20. The number of carbonyl (C=O) groups is 1. The third-order valence-electron chi connectivity index (χ3n) is 6.57. The van der Waals surface area contributed by atoms with E-state index in [2.05, 4.69) is 57.6 Å². The minimum Gasteiger partial charge on any atom is -0.323 e. The van der Waals surface area contributed by atoms with Gasteiger partial charge in [0, 0.05) is 25.8 Å². The van der Waals surface area contributed by atoms with E-state index < -0.39 is 0 Å². The first-order valence-electron chi connectivity index (χ1n) is 11.7. The maximum atomic E-state index is 12.8. The third-order valence-corrected chi connectivity index (χ3v) is 6.57. The lowest BCUT2D eigenvalue weighted by Gasteiger charge is -2.28. The predicted octanol–water partition coefficient (Wildman–Crippen LogP) is 3.32. The quantitative estimate of drug-likeness (QED) is 0.773. The number of urea groups is 1. The number of anilines is 1. The lowest BCUT2D eigenvalue weighted by Crippen LogP contribution is -2.38. The molecule has 0 atom stereocenters. The molecule has 0 bridgehead atoms. The van der Waals surface area contributed by atoms with Crippen molar-refractivity contribution in [2.75, 3.05) is 58.2 Å². The lowest BCUT2D eigenvalue weighted by molar-refractivity contribution is 0.211. The molecule has 0 spiro atoms. The smallest absolute Gasteiger partial charge is 0.321 e. The van der Waals surface area contributed by atoms with Crippen molar-refractivity contribution < 1.29 is 4.79 Å². The summed E-state index contributed by atoms with van der Waals surface area (Å²) in [6.07, 6.45) is 9.28. The molecule has 1 aromatic carbocycles. The Kier molecular flexibility index (Phi) is 7.59. The van der Waals surface area contributed by atoms with Gasteiger partial charge in [0.1, 0.15) is 0 Å². The molecule has 1 aromatic heterocycles. The number of aromatic nitrogens is 2. The molecule has 2 amide bonds. The number of carbonyl (C=O) groups excluding carboxylic acids is 1. The Labute approximate surface area is 186 Å². The first-order valence-corrected chi connectivity index (χ1v) is 11.7. The number of nitrogens with zero attached hydrogens (tertiary/aromatic N) is 5. The highest BCUT2D eigenvalue weighted by molar-refractivity contribution is 5.89. The van der Waals surface area contributed by atoms with Gasteiger partial charge in [-0.25, -0.2) is 4.79 Å². The molecule has 7 heteroatoms. The van der Waals surface area contributed by atoms with Gasteiger partial charge in [-0.05, 0) is 70.9 Å². The fourth-order valence-electron chi connectivity index (χ4n) is 4.61. The van der Waals surface area contributed by atoms with Crippen LogP contribution in [0.4, 0.5) is 10.5 Å². The first-order chi connectivity index (χ1) is 15.2. The van der Waals surface area contributed by atoms with Crippen LogP contribution in [0.3, 0.4) is 0 Å². The summed E-state index contributed by atoms with van der Waals surface area (Å²) < 4.78 is 2.03. The van der Waals surface area contributed by atoms with Crippen LogP contribution in [-0.4, -0.2) is 83.4 Å². The Morgan fingerprint density at radius 3 is 2.68 bits per heavy atom. The highest BCUT2D eigenvalue weighted by atomic mass is 16.2. The zero-order valence-electron chi connectivity index (χ0n) is 18.7. The molecule has 31 heavy (non-hydrogen) atoms. The highest BCUT2D eigenvalue weighted by Crippen LogP contribution is 2.22. The van der Waals surface area contributed by atoms with Gasteiger partial charge in [-0.15, -0.1) is 0 Å². The zero-order valence-corrected chi connectivity index (χ0v) is 18.7. The first kappa shape index (κ1) is 21.8. The van der Waals surface area contributed by atoms with E-state index in [9.17, 15) is 4.79 Å². The molecule has 0 unspecified atom stereocenters. The van der Waals surface area contributed by atoms with E-state index in [0.717, 1.165) is 83.6 Å². The molecule has 2 saturated heterocycles. The summed E-state index contributed by atoms with van der Waals surface area (Å²) in [4.78, 5) is 19.6. The molecule has 7 nitrogen and oxygen atoms in total. The fourth-order valence-corrected chi connectivity index (χ4v) is 4.61. The van der Waals surface area contributed by atoms with Crippen LogP contribution in [0.1, 0.15) is 37.3 Å². The molecule has 4 rings (SSSR count). The van der Waals surface area contributed by atoms with Crippen LogP contribution < -0.4 is 5.32 Å². The lowest BCUT2D eigenvalue weighted by atomic mass is 10.1. The van der Waals surface area contributed by atoms with Gasteiger partial charge in [-0.3, -0.25) is 4.68 Å². The summed E-state index contributed by atoms with van der Waals surface area (Å²) >= 11 is 0. The van der Waals surface area contributed by atoms with Gasteiger partial charge in [-0.2, -0.15) is 5.10 Å². The van der Waals surface area contributed by atoms with Crippen LogP contribution in [0.2, 0.25) is 0 Å². The van der Waals surface area contributed by atoms with E-state index in [0.29, 0.717) is 6.04 Å². The molecule has 2 fully saturated rings. The van der Waals surface area contributed by atoms with E-state index in [-0.39, 0.29) is 6.03 Å². The van der Waals surface area contributed by atoms with Gasteiger partial charge < -0.3 is 20.0 Å². The van der Waals surface area contributed by atoms with Crippen LogP contribution in [0.5, 0.6) is 0 Å². The summed E-state index contributed by atoms with van der Waals surface area (Å²) in [6, 6.07) is 11.1. The van der Waals surface area contributed by atoms with Crippen molar-refractivity contribution in [3.05, 3.63) is 48.3 Å². The van der Waals surface area contributed by atoms with Gasteiger partial charge in [0.15, 0.2) is 0 Å². The van der Waals surface area contributed by atoms with Crippen molar-refractivity contribution in [1.29, 1.82) is 0 Å². The molecule has 3 heterocycles. The van der Waals surface area contributed by atoms with Crippen molar-refractivity contribution in [3.8, 4) is 0 Å². The van der Waals surface area contributed by atoms with E-state index in [1.165, 1.54) is 5.56 Å². The number of nitrogens with one attached hydrogen (secondary N) is 1. The molecule has 1 N–H and O–H groups in total. The van der Waals surface area contributed by atoms with Crippen LogP contribution >= 0.6 is 0 Å². The van der Waals surface area contributed by atoms with Crippen molar-refractivity contribution in [2.45, 2.75) is 38.1 Å². The second-order valence-electron chi connectivity index (χ2n) is 8.95. The number of hydrogen-bond donors (Lipinski definition) is 1. The van der Waals surface area contributed by atoms with E-state index in [1.807, 2.05) is 15.8 Å². The third kappa shape index (κ3) is 6.31. The maximum absolute atomic E-state index is 12.8. The van der Waals surface area contributed by atoms with Crippen LogP contribution in [-0.2, 0) is 6.42 Å². The minimum absolute atomic E-state index is 0.00550. The van der Waals surface area contributed by atoms with Crippen LogP contribution in [0.25, 0.3) is 0 Å². The predicted molar refractivity (Wildman–Crippen MR) is 124 cm³/mol. The summed E-state index contributed by atoms with van der Waals surface area (Å²) in [7, 11) is 2.16. The number of aryl methyl sites for hydroxylation is 1. The van der Waals surface area contributed by atoms with Gasteiger partial charge in [0.25, 0.3) is 0 Å². The zero-order chi connectivity index (χ0) is 21.5. The van der Waals surface area contributed by atoms with Crippen LogP contribution in [0.15, 0.2) is 42.7 Å². The number of piperidine rings is 1. The largest absolute Gasteiger partial charge is 0.323 e. The van der Waals surface area contributed by atoms with E-state index in [1.54, 1.807) is 6.20 Å². The summed E-state index contributed by atoms with van der Waals surface area (Å²) in [6.45, 7) is 6.88. The second kappa shape index (κ2) is 10.8. The normalized spacial score (nSPS) is 19.3. The number of hydrogen-bond acceptors (Lipinski definition) is 4. The SMILES string of the molecule is CN1CCC(n2cc(NC(=O)N3CCCN(CCCc4ccccc4)CC3)cn2)CC1. The fraction of sp³-hybridized carbons (Fsp3) is 0.583. The average Bonchev–Trinajstić information content (AvgIpc) is 3.11. The second-order valence-corrected chi connectivity index (χ2v) is 8.95. The monoisotopic (exact) mass is 424 g/mol. The molecular weight excluding hydrogens is 388 g/mol. The van der Waals surface area contributed by atoms with Gasteiger partial charge in [0.2, 0.25) is 0 Å². The summed E-state index contributed by atoms with van der Waals surface area (Å²) in [5, 5.41) is 7.57. The Morgan fingerprint density at radius 2 is 1.87 bits per heavy atom. The average molecular weight is 425 g/mol. The van der Waals surface area contributed by atoms with Crippen molar-refractivity contribution in [3.63, 3.8) is 0 Å². The summed E-state index contributed by atoms with van der Waals surface area (Å²) in [5.74, 6) is 0. The molecular formula is C24H36N6O. The number of likely N-dealkylation sites (tertiary alicyclic amines) is 1. The molecule has 2 aliphatic heterocycles. The minimum atomic E-state index is -0.00550. The topological polar surface area (TPSA) is 56.6 Å². The molecule has 2 aliphatic rings. The Bertz CT molecular complexity index is 814. The Balaban J connectivity index is 1.21. The van der Waals surface area contributed by atoms with Crippen LogP contribution in [0, 0.1) is 0 Å². The molecule has 0 aliphatic carbocycles. The Hall–Kier alpha value is -2.38. The van der Waals surface area contributed by atoms with Crippen molar-refractivity contribution in [2.24, 2.45) is 0 Å². The number of amides is 2. The van der Waals surface area contributed by atoms with E-state index in [4.69, 9.17) is 0 Å². The van der Waals surface area contributed by atoms with Gasteiger partial charge in [-0.1, -0.05) is 30.3 Å². The van der Waals surface area contributed by atoms with Crippen molar-refractivity contribution >= 4 is 11.7 Å². The molecule has 2 aromatic rings. The maximum Gasteiger partial charge on any atom is 0.321 e. The molecule has 168 valence electrons. The highest BCUT2D eigenvalue weighted by Gasteiger charge is 2.21. The van der Waals surface area contributed by atoms with Crippen molar-refractivity contribution in [1.82, 2.24) is 24.5 Å². The van der Waals surface area contributed by atoms with Gasteiger partial charge in [0.05, 0.1) is 17.9 Å². The molecule has 0 saturated carbocycles.